The summed E-state index contributed by atoms with van der Waals surface area (Å²) in [6, 6.07) is 4.94. The molecule has 0 aromatic heterocycles. The van der Waals surface area contributed by atoms with Crippen LogP contribution < -0.4 is 10.5 Å². The number of amides is 1. The maximum absolute atomic E-state index is 11.7. The van der Waals surface area contributed by atoms with Gasteiger partial charge in [0.2, 0.25) is 10.0 Å². The van der Waals surface area contributed by atoms with Crippen molar-refractivity contribution in [1.82, 2.24) is 5.32 Å². The molecule has 1 rings (SSSR count). The molecule has 8 heteroatoms. The molecule has 3 N–H and O–H groups in total. The van der Waals surface area contributed by atoms with Gasteiger partial charge in [-0.25, -0.2) is 18.4 Å². The number of hydrogen-bond acceptors (Lipinski definition) is 5. The van der Waals surface area contributed by atoms with Gasteiger partial charge in [-0.1, -0.05) is 13.8 Å². The maximum Gasteiger partial charge on any atom is 0.338 e. The minimum Gasteiger partial charge on any atom is -0.452 e. The minimum absolute atomic E-state index is 0.103. The van der Waals surface area contributed by atoms with Crippen molar-refractivity contribution >= 4 is 21.9 Å². The summed E-state index contributed by atoms with van der Waals surface area (Å²) in [6.07, 6.45) is 0. The molecule has 21 heavy (non-hydrogen) atoms. The lowest BCUT2D eigenvalue weighted by Gasteiger charge is -2.08. The Morgan fingerprint density at radius 1 is 1.24 bits per heavy atom. The fraction of sp³-hybridized carbons (Fsp3) is 0.385. The zero-order valence-electron chi connectivity index (χ0n) is 11.8. The highest BCUT2D eigenvalue weighted by Crippen LogP contribution is 2.09. The molecule has 0 aliphatic rings. The molecule has 0 fully saturated rings. The number of sulfonamides is 1. The first-order valence-electron chi connectivity index (χ1n) is 6.27. The van der Waals surface area contributed by atoms with E-state index < -0.39 is 21.9 Å². The number of benzene rings is 1. The van der Waals surface area contributed by atoms with Crippen LogP contribution in [-0.4, -0.2) is 33.4 Å². The van der Waals surface area contributed by atoms with Gasteiger partial charge in [-0.15, -0.1) is 0 Å². The second-order valence-corrected chi connectivity index (χ2v) is 6.40. The van der Waals surface area contributed by atoms with Crippen LogP contribution in [0, 0.1) is 5.92 Å². The SMILES string of the molecule is CC(C)CNC(=O)COC(=O)c1ccc(S(N)(=O)=O)cc1. The summed E-state index contributed by atoms with van der Waals surface area (Å²) in [7, 11) is -3.80. The van der Waals surface area contributed by atoms with Crippen LogP contribution in [0.3, 0.4) is 0 Å². The van der Waals surface area contributed by atoms with E-state index in [2.05, 4.69) is 5.32 Å². The third kappa shape index (κ3) is 5.92. The summed E-state index contributed by atoms with van der Waals surface area (Å²) in [5.74, 6) is -0.802. The van der Waals surface area contributed by atoms with Crippen LogP contribution in [-0.2, 0) is 19.6 Å². The van der Waals surface area contributed by atoms with Crippen molar-refractivity contribution in [3.8, 4) is 0 Å². The minimum atomic E-state index is -3.80. The van der Waals surface area contributed by atoms with Gasteiger partial charge in [-0.2, -0.15) is 0 Å². The highest BCUT2D eigenvalue weighted by Gasteiger charge is 2.12. The Balaban J connectivity index is 2.55. The first-order chi connectivity index (χ1) is 9.70. The van der Waals surface area contributed by atoms with Crippen molar-refractivity contribution < 1.29 is 22.7 Å². The molecule has 0 atom stereocenters. The van der Waals surface area contributed by atoms with Crippen molar-refractivity contribution in [1.29, 1.82) is 0 Å². The van der Waals surface area contributed by atoms with Crippen LogP contribution in [0.5, 0.6) is 0 Å². The summed E-state index contributed by atoms with van der Waals surface area (Å²) in [6.45, 7) is 4.00. The second kappa shape index (κ2) is 7.19. The zero-order chi connectivity index (χ0) is 16.0. The number of nitrogens with two attached hydrogens (primary N) is 1. The average Bonchev–Trinajstić information content (AvgIpc) is 2.41. The van der Waals surface area contributed by atoms with Crippen molar-refractivity contribution in [2.45, 2.75) is 18.7 Å². The van der Waals surface area contributed by atoms with E-state index in [9.17, 15) is 18.0 Å². The molecule has 1 aromatic carbocycles. The normalized spacial score (nSPS) is 11.2. The van der Waals surface area contributed by atoms with Gasteiger partial charge in [-0.3, -0.25) is 4.79 Å². The highest BCUT2D eigenvalue weighted by atomic mass is 32.2. The van der Waals surface area contributed by atoms with Crippen LogP contribution in [0.2, 0.25) is 0 Å². The van der Waals surface area contributed by atoms with E-state index in [-0.39, 0.29) is 17.1 Å². The van der Waals surface area contributed by atoms with E-state index in [0.29, 0.717) is 12.5 Å². The molecule has 1 amide bonds. The molecule has 0 spiro atoms. The Bertz CT molecular complexity index is 608. The van der Waals surface area contributed by atoms with E-state index in [1.165, 1.54) is 24.3 Å². The van der Waals surface area contributed by atoms with E-state index in [1.54, 1.807) is 0 Å². The van der Waals surface area contributed by atoms with Gasteiger partial charge < -0.3 is 10.1 Å². The van der Waals surface area contributed by atoms with Gasteiger partial charge in [0.1, 0.15) is 0 Å². The molecule has 0 aliphatic heterocycles. The Labute approximate surface area is 123 Å². The lowest BCUT2D eigenvalue weighted by molar-refractivity contribution is -0.124. The van der Waals surface area contributed by atoms with Crippen LogP contribution in [0.25, 0.3) is 0 Å². The van der Waals surface area contributed by atoms with Crippen LogP contribution >= 0.6 is 0 Å². The summed E-state index contributed by atoms with van der Waals surface area (Å²) in [4.78, 5) is 22.9. The van der Waals surface area contributed by atoms with Crippen molar-refractivity contribution in [3.63, 3.8) is 0 Å². The molecule has 0 radical (unpaired) electrons. The van der Waals surface area contributed by atoms with Crippen LogP contribution in [0.4, 0.5) is 0 Å². The first kappa shape index (κ1) is 17.1. The van der Waals surface area contributed by atoms with Gasteiger partial charge in [0.25, 0.3) is 5.91 Å². The number of hydrogen-bond donors (Lipinski definition) is 2. The standard InChI is InChI=1S/C13H18N2O5S/c1-9(2)7-15-12(16)8-20-13(17)10-3-5-11(6-4-10)21(14,18)19/h3-6,9H,7-8H2,1-2H3,(H,15,16)(H2,14,18,19). The Hall–Kier alpha value is -1.93. The van der Waals surface area contributed by atoms with E-state index in [4.69, 9.17) is 9.88 Å². The summed E-state index contributed by atoms with van der Waals surface area (Å²) < 4.78 is 26.9. The summed E-state index contributed by atoms with van der Waals surface area (Å²) >= 11 is 0. The lowest BCUT2D eigenvalue weighted by atomic mass is 10.2. The summed E-state index contributed by atoms with van der Waals surface area (Å²) in [5, 5.41) is 7.55. The number of primary sulfonamides is 1. The monoisotopic (exact) mass is 314 g/mol. The smallest absolute Gasteiger partial charge is 0.338 e. The van der Waals surface area contributed by atoms with Gasteiger partial charge in [0.15, 0.2) is 6.61 Å². The van der Waals surface area contributed by atoms with Gasteiger partial charge in [0, 0.05) is 6.54 Å². The molecular formula is C13H18N2O5S. The predicted octanol–water partition coefficient (Wildman–Crippen LogP) is 0.263. The molecule has 0 aliphatic carbocycles. The number of rotatable bonds is 6. The van der Waals surface area contributed by atoms with E-state index in [1.807, 2.05) is 13.8 Å². The highest BCUT2D eigenvalue weighted by molar-refractivity contribution is 7.89. The Morgan fingerprint density at radius 3 is 2.29 bits per heavy atom. The van der Waals surface area contributed by atoms with Crippen LogP contribution in [0.1, 0.15) is 24.2 Å². The number of carbonyl (C=O) groups is 2. The Morgan fingerprint density at radius 2 is 1.81 bits per heavy atom. The zero-order valence-corrected chi connectivity index (χ0v) is 12.6. The first-order valence-corrected chi connectivity index (χ1v) is 7.81. The molecule has 0 saturated carbocycles. The fourth-order valence-electron chi connectivity index (χ4n) is 1.36. The van der Waals surface area contributed by atoms with Gasteiger partial charge in [-0.05, 0) is 30.2 Å². The maximum atomic E-state index is 11.7. The quantitative estimate of drug-likeness (QED) is 0.731. The van der Waals surface area contributed by atoms with Crippen molar-refractivity contribution in [2.24, 2.45) is 11.1 Å². The topological polar surface area (TPSA) is 116 Å². The van der Waals surface area contributed by atoms with E-state index in [0.717, 1.165) is 0 Å². The van der Waals surface area contributed by atoms with Crippen molar-refractivity contribution in [3.05, 3.63) is 29.8 Å². The molecule has 7 nitrogen and oxygen atoms in total. The van der Waals surface area contributed by atoms with Gasteiger partial charge in [0.05, 0.1) is 10.5 Å². The fourth-order valence-corrected chi connectivity index (χ4v) is 1.88. The van der Waals surface area contributed by atoms with Gasteiger partial charge >= 0.3 is 5.97 Å². The largest absolute Gasteiger partial charge is 0.452 e. The molecule has 116 valence electrons. The number of nitrogens with one attached hydrogen (secondary N) is 1. The van der Waals surface area contributed by atoms with Crippen LogP contribution in [0.15, 0.2) is 29.2 Å². The predicted molar refractivity (Wildman–Crippen MR) is 75.9 cm³/mol. The molecule has 0 unspecified atom stereocenters. The molecular weight excluding hydrogens is 296 g/mol. The van der Waals surface area contributed by atoms with E-state index >= 15 is 0 Å². The number of carbonyl (C=O) groups excluding carboxylic acids is 2. The summed E-state index contributed by atoms with van der Waals surface area (Å²) in [5.41, 5.74) is 0.138. The molecule has 0 saturated heterocycles. The molecule has 1 aromatic rings. The number of esters is 1. The number of ether oxygens (including phenoxy) is 1. The third-order valence-electron chi connectivity index (χ3n) is 2.46. The third-order valence-corrected chi connectivity index (χ3v) is 3.39. The second-order valence-electron chi connectivity index (χ2n) is 4.84. The lowest BCUT2D eigenvalue weighted by Crippen LogP contribution is -2.31. The molecule has 0 heterocycles. The molecule has 0 bridgehead atoms. The average molecular weight is 314 g/mol. The Kier molecular flexibility index (Phi) is 5.86. The van der Waals surface area contributed by atoms with Crippen molar-refractivity contribution in [2.75, 3.05) is 13.2 Å².